The molecule has 0 aliphatic carbocycles. The first kappa shape index (κ1) is 17.1. The zero-order valence-corrected chi connectivity index (χ0v) is 14.0. The minimum absolute atomic E-state index is 0.241. The van der Waals surface area contributed by atoms with Crippen LogP contribution in [0.3, 0.4) is 0 Å². The molecular weight excluding hydrogens is 320 g/mol. The van der Waals surface area contributed by atoms with Crippen LogP contribution in [0.15, 0.2) is 30.5 Å². The molecule has 2 rings (SSSR count). The first-order valence-electron chi connectivity index (χ1n) is 7.12. The first-order chi connectivity index (χ1) is 11.0. The lowest BCUT2D eigenvalue weighted by atomic mass is 10.1. The van der Waals surface area contributed by atoms with Gasteiger partial charge in [0.05, 0.1) is 25.6 Å². The number of carbonyl (C=O) groups excluding carboxylic acids is 2. The number of halogens is 1. The smallest absolute Gasteiger partial charge is 0.320 e. The SMILES string of the molecule is COC(=O)C(CCn1c(Cl)ccc1-c1cccn1C)C(=O)OC. The van der Waals surface area contributed by atoms with E-state index in [0.29, 0.717) is 11.7 Å². The molecule has 23 heavy (non-hydrogen) atoms. The second kappa shape index (κ2) is 7.37. The van der Waals surface area contributed by atoms with E-state index in [2.05, 4.69) is 9.47 Å². The third-order valence-electron chi connectivity index (χ3n) is 3.75. The minimum atomic E-state index is -0.968. The summed E-state index contributed by atoms with van der Waals surface area (Å²) in [5.41, 5.74) is 1.90. The van der Waals surface area contributed by atoms with Crippen LogP contribution in [0.2, 0.25) is 5.15 Å². The molecule has 6 nitrogen and oxygen atoms in total. The van der Waals surface area contributed by atoms with Crippen molar-refractivity contribution in [1.82, 2.24) is 9.13 Å². The van der Waals surface area contributed by atoms with E-state index in [0.717, 1.165) is 11.4 Å². The Labute approximate surface area is 139 Å². The Morgan fingerprint density at radius 1 is 1.13 bits per heavy atom. The molecular formula is C16H19ClN2O4. The Morgan fingerprint density at radius 2 is 1.78 bits per heavy atom. The highest BCUT2D eigenvalue weighted by Gasteiger charge is 2.28. The van der Waals surface area contributed by atoms with E-state index in [1.165, 1.54) is 14.2 Å². The summed E-state index contributed by atoms with van der Waals surface area (Å²) in [6, 6.07) is 7.60. The van der Waals surface area contributed by atoms with E-state index >= 15 is 0 Å². The van der Waals surface area contributed by atoms with Gasteiger partial charge in [0.15, 0.2) is 5.92 Å². The highest BCUT2D eigenvalue weighted by Crippen LogP contribution is 2.26. The van der Waals surface area contributed by atoms with Gasteiger partial charge in [-0.15, -0.1) is 0 Å². The second-order valence-electron chi connectivity index (χ2n) is 5.08. The van der Waals surface area contributed by atoms with Gasteiger partial charge in [-0.25, -0.2) is 0 Å². The van der Waals surface area contributed by atoms with Crippen LogP contribution in [0.25, 0.3) is 11.4 Å². The molecule has 0 amide bonds. The third kappa shape index (κ3) is 3.59. The number of hydrogen-bond acceptors (Lipinski definition) is 4. The number of aromatic nitrogens is 2. The zero-order valence-electron chi connectivity index (χ0n) is 13.3. The summed E-state index contributed by atoms with van der Waals surface area (Å²) in [5, 5.41) is 0.537. The second-order valence-corrected chi connectivity index (χ2v) is 5.47. The van der Waals surface area contributed by atoms with E-state index in [1.54, 1.807) is 6.07 Å². The number of carbonyl (C=O) groups is 2. The Bertz CT molecular complexity index is 689. The molecule has 0 fully saturated rings. The summed E-state index contributed by atoms with van der Waals surface area (Å²) in [6.45, 7) is 0.390. The van der Waals surface area contributed by atoms with Gasteiger partial charge in [0, 0.05) is 19.8 Å². The van der Waals surface area contributed by atoms with Crippen molar-refractivity contribution in [2.75, 3.05) is 14.2 Å². The molecule has 0 saturated carbocycles. The van der Waals surface area contributed by atoms with Gasteiger partial charge in [-0.05, 0) is 30.7 Å². The van der Waals surface area contributed by atoms with Crippen molar-refractivity contribution in [1.29, 1.82) is 0 Å². The molecule has 0 saturated heterocycles. The van der Waals surface area contributed by atoms with E-state index in [-0.39, 0.29) is 6.42 Å². The third-order valence-corrected chi connectivity index (χ3v) is 4.08. The van der Waals surface area contributed by atoms with Crippen molar-refractivity contribution in [2.24, 2.45) is 13.0 Å². The van der Waals surface area contributed by atoms with Crippen molar-refractivity contribution in [2.45, 2.75) is 13.0 Å². The Kier molecular flexibility index (Phi) is 5.50. The van der Waals surface area contributed by atoms with Crippen molar-refractivity contribution in [3.63, 3.8) is 0 Å². The number of hydrogen-bond donors (Lipinski definition) is 0. The van der Waals surface area contributed by atoms with Gasteiger partial charge in [0.2, 0.25) is 0 Å². The predicted octanol–water partition coefficient (Wildman–Crippen LogP) is 2.50. The molecule has 0 unspecified atom stereocenters. The molecule has 0 aromatic carbocycles. The van der Waals surface area contributed by atoms with Gasteiger partial charge in [0.1, 0.15) is 5.15 Å². The lowest BCUT2D eigenvalue weighted by Crippen LogP contribution is -2.27. The molecule has 2 aromatic rings. The molecule has 2 aromatic heterocycles. The molecule has 0 aliphatic heterocycles. The fourth-order valence-corrected chi connectivity index (χ4v) is 2.73. The molecule has 0 atom stereocenters. The van der Waals surface area contributed by atoms with Crippen LogP contribution in [0.5, 0.6) is 0 Å². The van der Waals surface area contributed by atoms with Crippen LogP contribution in [0, 0.1) is 5.92 Å². The fourth-order valence-electron chi connectivity index (χ4n) is 2.50. The summed E-state index contributed by atoms with van der Waals surface area (Å²) in [4.78, 5) is 23.5. The van der Waals surface area contributed by atoms with E-state index < -0.39 is 17.9 Å². The number of aryl methyl sites for hydroxylation is 1. The van der Waals surface area contributed by atoms with Crippen LogP contribution < -0.4 is 0 Å². The van der Waals surface area contributed by atoms with E-state index in [9.17, 15) is 9.59 Å². The maximum atomic E-state index is 11.8. The minimum Gasteiger partial charge on any atom is -0.468 e. The lowest BCUT2D eigenvalue weighted by Gasteiger charge is -2.15. The van der Waals surface area contributed by atoms with Crippen molar-refractivity contribution in [3.8, 4) is 11.4 Å². The summed E-state index contributed by atoms with van der Waals surface area (Å²) in [5.74, 6) is -2.19. The van der Waals surface area contributed by atoms with Gasteiger partial charge >= 0.3 is 11.9 Å². The average molecular weight is 339 g/mol. The Morgan fingerprint density at radius 3 is 2.30 bits per heavy atom. The first-order valence-corrected chi connectivity index (χ1v) is 7.49. The molecule has 0 aliphatic rings. The quantitative estimate of drug-likeness (QED) is 0.599. The fraction of sp³-hybridized carbons (Fsp3) is 0.375. The molecule has 0 bridgehead atoms. The Balaban J connectivity index is 2.23. The number of ether oxygens (including phenoxy) is 2. The van der Waals surface area contributed by atoms with Crippen molar-refractivity contribution in [3.05, 3.63) is 35.6 Å². The van der Waals surface area contributed by atoms with Gasteiger partial charge in [-0.2, -0.15) is 0 Å². The average Bonchev–Trinajstić information content (AvgIpc) is 3.12. The standard InChI is InChI=1S/C16H19ClN2O4/c1-18-9-4-5-12(18)13-6-7-14(17)19(13)10-8-11(15(20)22-2)16(21)23-3/h4-7,9,11H,8,10H2,1-3H3. The van der Waals surface area contributed by atoms with Gasteiger partial charge < -0.3 is 18.6 Å². The van der Waals surface area contributed by atoms with Gasteiger partial charge in [0.25, 0.3) is 0 Å². The van der Waals surface area contributed by atoms with Crippen LogP contribution in [-0.4, -0.2) is 35.3 Å². The highest BCUT2D eigenvalue weighted by atomic mass is 35.5. The van der Waals surface area contributed by atoms with Crippen LogP contribution >= 0.6 is 11.6 Å². The van der Waals surface area contributed by atoms with Crippen LogP contribution in [0.1, 0.15) is 6.42 Å². The van der Waals surface area contributed by atoms with E-state index in [4.69, 9.17) is 11.6 Å². The van der Waals surface area contributed by atoms with Crippen LogP contribution in [0.4, 0.5) is 0 Å². The maximum absolute atomic E-state index is 11.8. The summed E-state index contributed by atoms with van der Waals surface area (Å²) < 4.78 is 13.2. The lowest BCUT2D eigenvalue weighted by molar-refractivity contribution is -0.159. The topological polar surface area (TPSA) is 62.5 Å². The summed E-state index contributed by atoms with van der Waals surface area (Å²) >= 11 is 6.25. The van der Waals surface area contributed by atoms with Crippen molar-refractivity contribution >= 4 is 23.5 Å². The summed E-state index contributed by atoms with van der Waals surface area (Å²) in [6.07, 6.45) is 2.18. The highest BCUT2D eigenvalue weighted by molar-refractivity contribution is 6.30. The molecule has 0 spiro atoms. The van der Waals surface area contributed by atoms with Gasteiger partial charge in [-0.1, -0.05) is 11.6 Å². The monoisotopic (exact) mass is 338 g/mol. The van der Waals surface area contributed by atoms with Crippen LogP contribution in [-0.2, 0) is 32.7 Å². The van der Waals surface area contributed by atoms with Gasteiger partial charge in [-0.3, -0.25) is 9.59 Å². The number of esters is 2. The maximum Gasteiger partial charge on any atom is 0.320 e. The summed E-state index contributed by atoms with van der Waals surface area (Å²) in [7, 11) is 4.43. The Hall–Kier alpha value is -2.21. The van der Waals surface area contributed by atoms with E-state index in [1.807, 2.05) is 40.6 Å². The van der Waals surface area contributed by atoms with Crippen molar-refractivity contribution < 1.29 is 19.1 Å². The molecule has 7 heteroatoms. The molecule has 124 valence electrons. The molecule has 0 N–H and O–H groups in total. The number of methoxy groups -OCH3 is 2. The number of rotatable bonds is 6. The molecule has 0 radical (unpaired) electrons. The number of nitrogens with zero attached hydrogens (tertiary/aromatic N) is 2. The predicted molar refractivity (Wildman–Crippen MR) is 86.0 cm³/mol. The normalized spacial score (nSPS) is 10.8. The molecule has 2 heterocycles. The zero-order chi connectivity index (χ0) is 17.0. The largest absolute Gasteiger partial charge is 0.468 e.